The van der Waals surface area contributed by atoms with E-state index in [1.807, 2.05) is 26.8 Å². The fraction of sp³-hybridized carbons (Fsp3) is 0.562. The van der Waals surface area contributed by atoms with E-state index in [1.165, 1.54) is 11.3 Å². The predicted octanol–water partition coefficient (Wildman–Crippen LogP) is 3.81. The molecule has 1 aliphatic rings. The Morgan fingerprint density at radius 1 is 1.19 bits per heavy atom. The molecule has 1 aromatic carbocycles. The van der Waals surface area contributed by atoms with Crippen LogP contribution < -0.4 is 4.90 Å². The van der Waals surface area contributed by atoms with Gasteiger partial charge in [-0.3, -0.25) is 0 Å². The van der Waals surface area contributed by atoms with E-state index in [4.69, 9.17) is 4.74 Å². The van der Waals surface area contributed by atoms with Gasteiger partial charge in [-0.2, -0.15) is 0 Å². The number of carbonyl (C=O) groups is 1. The van der Waals surface area contributed by atoms with Crippen molar-refractivity contribution in [3.05, 3.63) is 28.2 Å². The van der Waals surface area contributed by atoms with Gasteiger partial charge in [0, 0.05) is 36.3 Å². The molecule has 2 rings (SSSR count). The van der Waals surface area contributed by atoms with Crippen molar-refractivity contribution >= 4 is 27.7 Å². The van der Waals surface area contributed by atoms with Crippen LogP contribution in [0.5, 0.6) is 0 Å². The molecular weight excluding hydrogens is 332 g/mol. The molecule has 1 saturated heterocycles. The molecule has 21 heavy (non-hydrogen) atoms. The maximum Gasteiger partial charge on any atom is 0.410 e. The average molecular weight is 355 g/mol. The van der Waals surface area contributed by atoms with E-state index in [0.717, 1.165) is 17.6 Å². The van der Waals surface area contributed by atoms with Crippen LogP contribution in [0.1, 0.15) is 26.3 Å². The van der Waals surface area contributed by atoms with Gasteiger partial charge in [0.2, 0.25) is 0 Å². The first-order chi connectivity index (χ1) is 9.78. The Morgan fingerprint density at radius 3 is 2.38 bits per heavy atom. The average Bonchev–Trinajstić information content (AvgIpc) is 2.40. The highest BCUT2D eigenvalue weighted by atomic mass is 79.9. The van der Waals surface area contributed by atoms with E-state index in [9.17, 15) is 4.79 Å². The van der Waals surface area contributed by atoms with Gasteiger partial charge in [0.15, 0.2) is 0 Å². The number of ether oxygens (including phenoxy) is 1. The highest BCUT2D eigenvalue weighted by molar-refractivity contribution is 9.10. The summed E-state index contributed by atoms with van der Waals surface area (Å²) in [5.41, 5.74) is 2.03. The van der Waals surface area contributed by atoms with E-state index < -0.39 is 5.60 Å². The zero-order valence-corrected chi connectivity index (χ0v) is 14.7. The van der Waals surface area contributed by atoms with Gasteiger partial charge in [0.25, 0.3) is 0 Å². The molecule has 0 aromatic heterocycles. The molecule has 0 radical (unpaired) electrons. The molecule has 1 aliphatic heterocycles. The number of nitrogens with zero attached hydrogens (tertiary/aromatic N) is 2. The number of anilines is 1. The molecule has 1 fully saturated rings. The third-order valence-electron chi connectivity index (χ3n) is 3.51. The summed E-state index contributed by atoms with van der Waals surface area (Å²) in [6.07, 6.45) is -0.215. The topological polar surface area (TPSA) is 32.8 Å². The standard InChI is InChI=1S/C16H23BrN2O2/c1-12-13(17)6-5-7-14(12)18-8-10-19(11-9-18)15(20)21-16(2,3)4/h5-7H,8-11H2,1-4H3. The minimum absolute atomic E-state index is 0.215. The number of carbonyl (C=O) groups excluding carboxylic acids is 1. The highest BCUT2D eigenvalue weighted by Crippen LogP contribution is 2.27. The summed E-state index contributed by atoms with van der Waals surface area (Å²) < 4.78 is 6.54. The van der Waals surface area contributed by atoms with Gasteiger partial charge in [-0.25, -0.2) is 4.79 Å². The number of rotatable bonds is 1. The molecule has 0 N–H and O–H groups in total. The van der Waals surface area contributed by atoms with Gasteiger partial charge >= 0.3 is 6.09 Å². The Balaban J connectivity index is 1.97. The zero-order chi connectivity index (χ0) is 15.6. The van der Waals surface area contributed by atoms with Crippen LogP contribution in [-0.2, 0) is 4.74 Å². The Labute approximate surface area is 135 Å². The summed E-state index contributed by atoms with van der Waals surface area (Å²) in [5.74, 6) is 0. The molecule has 0 atom stereocenters. The quantitative estimate of drug-likeness (QED) is 0.768. The van der Waals surface area contributed by atoms with E-state index >= 15 is 0 Å². The maximum absolute atomic E-state index is 12.1. The van der Waals surface area contributed by atoms with Crippen molar-refractivity contribution in [1.82, 2.24) is 4.90 Å². The van der Waals surface area contributed by atoms with Crippen molar-refractivity contribution < 1.29 is 9.53 Å². The Bertz CT molecular complexity index is 517. The molecule has 1 heterocycles. The Kier molecular flexibility index (Phi) is 4.81. The van der Waals surface area contributed by atoms with E-state index in [0.29, 0.717) is 13.1 Å². The first kappa shape index (κ1) is 16.1. The number of hydrogen-bond donors (Lipinski definition) is 0. The summed E-state index contributed by atoms with van der Waals surface area (Å²) in [4.78, 5) is 16.2. The smallest absolute Gasteiger partial charge is 0.410 e. The SMILES string of the molecule is Cc1c(Br)cccc1N1CCN(C(=O)OC(C)(C)C)CC1. The van der Waals surface area contributed by atoms with Gasteiger partial charge in [-0.1, -0.05) is 22.0 Å². The molecule has 1 aromatic rings. The lowest BCUT2D eigenvalue weighted by atomic mass is 10.1. The molecule has 0 saturated carbocycles. The van der Waals surface area contributed by atoms with Crippen LogP contribution in [0.15, 0.2) is 22.7 Å². The van der Waals surface area contributed by atoms with Crippen molar-refractivity contribution in [2.75, 3.05) is 31.1 Å². The second kappa shape index (κ2) is 6.26. The number of piperazine rings is 1. The van der Waals surface area contributed by atoms with Crippen LogP contribution in [0, 0.1) is 6.92 Å². The minimum atomic E-state index is -0.435. The van der Waals surface area contributed by atoms with Crippen LogP contribution in [0.2, 0.25) is 0 Å². The van der Waals surface area contributed by atoms with E-state index in [2.05, 4.69) is 39.9 Å². The fourth-order valence-corrected chi connectivity index (χ4v) is 2.75. The lowest BCUT2D eigenvalue weighted by Crippen LogP contribution is -2.50. The lowest BCUT2D eigenvalue weighted by molar-refractivity contribution is 0.0240. The first-order valence-corrected chi connectivity index (χ1v) is 8.05. The third kappa shape index (κ3) is 4.13. The van der Waals surface area contributed by atoms with Crippen LogP contribution in [-0.4, -0.2) is 42.8 Å². The third-order valence-corrected chi connectivity index (χ3v) is 4.37. The Hall–Kier alpha value is -1.23. The lowest BCUT2D eigenvalue weighted by Gasteiger charge is -2.37. The molecule has 0 aliphatic carbocycles. The van der Waals surface area contributed by atoms with Crippen LogP contribution in [0.4, 0.5) is 10.5 Å². The summed E-state index contributed by atoms with van der Waals surface area (Å²) >= 11 is 3.57. The maximum atomic E-state index is 12.1. The van der Waals surface area contributed by atoms with Crippen molar-refractivity contribution in [3.8, 4) is 0 Å². The molecule has 0 bridgehead atoms. The van der Waals surface area contributed by atoms with Gasteiger partial charge in [-0.05, 0) is 45.4 Å². The largest absolute Gasteiger partial charge is 0.444 e. The van der Waals surface area contributed by atoms with Crippen molar-refractivity contribution in [2.24, 2.45) is 0 Å². The van der Waals surface area contributed by atoms with Crippen molar-refractivity contribution in [1.29, 1.82) is 0 Å². The number of halogens is 1. The van der Waals surface area contributed by atoms with Gasteiger partial charge < -0.3 is 14.5 Å². The van der Waals surface area contributed by atoms with Crippen LogP contribution in [0.25, 0.3) is 0 Å². The van der Waals surface area contributed by atoms with Gasteiger partial charge in [0.05, 0.1) is 0 Å². The molecule has 116 valence electrons. The summed E-state index contributed by atoms with van der Waals surface area (Å²) in [7, 11) is 0. The van der Waals surface area contributed by atoms with Crippen molar-refractivity contribution in [3.63, 3.8) is 0 Å². The Morgan fingerprint density at radius 2 is 1.81 bits per heavy atom. The van der Waals surface area contributed by atoms with E-state index in [1.54, 1.807) is 4.90 Å². The number of benzene rings is 1. The molecule has 4 nitrogen and oxygen atoms in total. The zero-order valence-electron chi connectivity index (χ0n) is 13.1. The van der Waals surface area contributed by atoms with E-state index in [-0.39, 0.29) is 6.09 Å². The van der Waals surface area contributed by atoms with Gasteiger partial charge in [-0.15, -0.1) is 0 Å². The predicted molar refractivity (Wildman–Crippen MR) is 88.9 cm³/mol. The van der Waals surface area contributed by atoms with Crippen molar-refractivity contribution in [2.45, 2.75) is 33.3 Å². The molecule has 5 heteroatoms. The summed E-state index contributed by atoms with van der Waals surface area (Å²) in [5, 5.41) is 0. The fourth-order valence-electron chi connectivity index (χ4n) is 2.40. The molecular formula is C16H23BrN2O2. The summed E-state index contributed by atoms with van der Waals surface area (Å²) in [6.45, 7) is 10.8. The monoisotopic (exact) mass is 354 g/mol. The molecule has 0 unspecified atom stereocenters. The van der Waals surface area contributed by atoms with Gasteiger partial charge in [0.1, 0.15) is 5.60 Å². The summed E-state index contributed by atoms with van der Waals surface area (Å²) in [6, 6.07) is 6.23. The molecule has 1 amide bonds. The second-order valence-electron chi connectivity index (χ2n) is 6.34. The first-order valence-electron chi connectivity index (χ1n) is 7.26. The molecule has 0 spiro atoms. The normalized spacial score (nSPS) is 16.0. The minimum Gasteiger partial charge on any atom is -0.444 e. The highest BCUT2D eigenvalue weighted by Gasteiger charge is 2.26. The van der Waals surface area contributed by atoms with Crippen LogP contribution in [0.3, 0.4) is 0 Å². The second-order valence-corrected chi connectivity index (χ2v) is 7.19. The number of amides is 1. The van der Waals surface area contributed by atoms with Crippen LogP contribution >= 0.6 is 15.9 Å². The number of hydrogen-bond acceptors (Lipinski definition) is 3.